The van der Waals surface area contributed by atoms with E-state index < -0.39 is 0 Å². The molecule has 10 aromatic rings. The summed E-state index contributed by atoms with van der Waals surface area (Å²) in [5.41, 5.74) is 9.65. The molecule has 0 spiro atoms. The van der Waals surface area contributed by atoms with Gasteiger partial charge in [0.2, 0.25) is 0 Å². The number of thiophene rings is 1. The van der Waals surface area contributed by atoms with E-state index >= 15 is 0 Å². The predicted octanol–water partition coefficient (Wildman–Crippen LogP) is 13.9. The molecule has 0 amide bonds. The maximum Gasteiger partial charge on any atom is 0.159 e. The van der Waals surface area contributed by atoms with Gasteiger partial charge in [0, 0.05) is 42.2 Å². The number of anilines is 3. The SMILES string of the molecule is c1ccc(N(c2ccc(-c3ccc4ccccc4c3)cc2)c2cccc3c2oc2ccccc23)c(-c2ccc3c(c2)sc2ccccc23)c1. The molecule has 0 bridgehead atoms. The second kappa shape index (κ2) is 11.2. The molecule has 49 heavy (non-hydrogen) atoms. The third kappa shape index (κ3) is 4.62. The van der Waals surface area contributed by atoms with Crippen LogP contribution in [0, 0.1) is 0 Å². The first-order chi connectivity index (χ1) is 24.3. The van der Waals surface area contributed by atoms with Crippen LogP contribution in [-0.2, 0) is 0 Å². The Morgan fingerprint density at radius 3 is 2.00 bits per heavy atom. The van der Waals surface area contributed by atoms with E-state index in [1.54, 1.807) is 0 Å². The van der Waals surface area contributed by atoms with Crippen molar-refractivity contribution in [2.24, 2.45) is 0 Å². The zero-order valence-electron chi connectivity index (χ0n) is 26.5. The van der Waals surface area contributed by atoms with Crippen LogP contribution in [0.25, 0.3) is 75.1 Å². The number of hydrogen-bond donors (Lipinski definition) is 0. The Kier molecular flexibility index (Phi) is 6.39. The largest absolute Gasteiger partial charge is 0.454 e. The topological polar surface area (TPSA) is 16.4 Å². The molecule has 0 aliphatic heterocycles. The molecule has 8 aromatic carbocycles. The zero-order chi connectivity index (χ0) is 32.3. The normalized spacial score (nSPS) is 11.7. The Hall–Kier alpha value is -6.16. The molecule has 0 radical (unpaired) electrons. The first-order valence-corrected chi connectivity index (χ1v) is 17.4. The number of furan rings is 1. The minimum Gasteiger partial charge on any atom is -0.454 e. The highest BCUT2D eigenvalue weighted by Crippen LogP contribution is 2.46. The van der Waals surface area contributed by atoms with Gasteiger partial charge < -0.3 is 9.32 Å². The van der Waals surface area contributed by atoms with Crippen molar-refractivity contribution in [2.75, 3.05) is 4.90 Å². The Morgan fingerprint density at radius 1 is 0.408 bits per heavy atom. The van der Waals surface area contributed by atoms with Gasteiger partial charge in [-0.05, 0) is 76.0 Å². The highest BCUT2D eigenvalue weighted by atomic mass is 32.1. The second-order valence-corrected chi connectivity index (χ2v) is 13.6. The van der Waals surface area contributed by atoms with E-state index in [2.05, 4.69) is 175 Å². The maximum absolute atomic E-state index is 6.64. The van der Waals surface area contributed by atoms with Crippen molar-refractivity contribution < 1.29 is 4.42 Å². The second-order valence-electron chi connectivity index (χ2n) is 12.5. The quantitative estimate of drug-likeness (QED) is 0.186. The van der Waals surface area contributed by atoms with Crippen molar-refractivity contribution in [3.05, 3.63) is 176 Å². The molecular formula is C46H29NOS. The fraction of sp³-hybridized carbons (Fsp3) is 0. The summed E-state index contributed by atoms with van der Waals surface area (Å²) in [4.78, 5) is 2.36. The molecule has 230 valence electrons. The summed E-state index contributed by atoms with van der Waals surface area (Å²) < 4.78 is 9.24. The van der Waals surface area contributed by atoms with Crippen LogP contribution < -0.4 is 4.90 Å². The average molecular weight is 644 g/mol. The molecule has 0 unspecified atom stereocenters. The molecule has 0 fully saturated rings. The van der Waals surface area contributed by atoms with Gasteiger partial charge in [0.05, 0.1) is 11.4 Å². The Labute approximate surface area is 287 Å². The van der Waals surface area contributed by atoms with E-state index in [0.29, 0.717) is 0 Å². The van der Waals surface area contributed by atoms with E-state index in [1.165, 1.54) is 47.6 Å². The highest BCUT2D eigenvalue weighted by molar-refractivity contribution is 7.25. The number of nitrogens with zero attached hydrogens (tertiary/aromatic N) is 1. The molecule has 0 aliphatic rings. The van der Waals surface area contributed by atoms with Crippen molar-refractivity contribution in [1.29, 1.82) is 0 Å². The average Bonchev–Trinajstić information content (AvgIpc) is 3.74. The number of benzene rings is 8. The Balaban J connectivity index is 1.17. The van der Waals surface area contributed by atoms with E-state index in [1.807, 2.05) is 17.4 Å². The summed E-state index contributed by atoms with van der Waals surface area (Å²) in [5.74, 6) is 0. The smallest absolute Gasteiger partial charge is 0.159 e. The van der Waals surface area contributed by atoms with Crippen LogP contribution in [0.4, 0.5) is 17.1 Å². The predicted molar refractivity (Wildman–Crippen MR) is 210 cm³/mol. The minimum atomic E-state index is 0.872. The van der Waals surface area contributed by atoms with Gasteiger partial charge in [-0.15, -0.1) is 11.3 Å². The van der Waals surface area contributed by atoms with E-state index in [0.717, 1.165) is 44.6 Å². The summed E-state index contributed by atoms with van der Waals surface area (Å²) in [6.45, 7) is 0. The highest BCUT2D eigenvalue weighted by Gasteiger charge is 2.22. The Bertz CT molecular complexity index is 2840. The summed E-state index contributed by atoms with van der Waals surface area (Å²) in [6, 6.07) is 63.2. The van der Waals surface area contributed by atoms with Gasteiger partial charge in [0.15, 0.2) is 5.58 Å². The fourth-order valence-electron chi connectivity index (χ4n) is 7.29. The number of hydrogen-bond acceptors (Lipinski definition) is 3. The summed E-state index contributed by atoms with van der Waals surface area (Å²) >= 11 is 1.85. The lowest BCUT2D eigenvalue weighted by atomic mass is 9.99. The zero-order valence-corrected chi connectivity index (χ0v) is 27.3. The lowest BCUT2D eigenvalue weighted by molar-refractivity contribution is 0.669. The van der Waals surface area contributed by atoms with E-state index in [9.17, 15) is 0 Å². The third-order valence-electron chi connectivity index (χ3n) is 9.67. The van der Waals surface area contributed by atoms with Crippen LogP contribution in [0.1, 0.15) is 0 Å². The molecule has 2 nitrogen and oxygen atoms in total. The summed E-state index contributed by atoms with van der Waals surface area (Å²) in [5, 5.41) is 7.33. The van der Waals surface area contributed by atoms with Gasteiger partial charge in [0.25, 0.3) is 0 Å². The number of para-hydroxylation sites is 3. The Morgan fingerprint density at radius 2 is 1.08 bits per heavy atom. The minimum absolute atomic E-state index is 0.872. The lowest BCUT2D eigenvalue weighted by Crippen LogP contribution is -2.11. The van der Waals surface area contributed by atoms with Gasteiger partial charge in [0.1, 0.15) is 5.58 Å². The van der Waals surface area contributed by atoms with Crippen molar-refractivity contribution in [1.82, 2.24) is 0 Å². The molecular weight excluding hydrogens is 615 g/mol. The van der Waals surface area contributed by atoms with Crippen molar-refractivity contribution >= 4 is 81.3 Å². The van der Waals surface area contributed by atoms with Gasteiger partial charge in [-0.2, -0.15) is 0 Å². The van der Waals surface area contributed by atoms with Crippen molar-refractivity contribution in [3.63, 3.8) is 0 Å². The molecule has 2 heterocycles. The van der Waals surface area contributed by atoms with E-state index in [4.69, 9.17) is 4.42 Å². The van der Waals surface area contributed by atoms with Crippen LogP contribution in [0.3, 0.4) is 0 Å². The van der Waals surface area contributed by atoms with Gasteiger partial charge >= 0.3 is 0 Å². The van der Waals surface area contributed by atoms with Crippen molar-refractivity contribution in [3.8, 4) is 22.3 Å². The first kappa shape index (κ1) is 27.9. The van der Waals surface area contributed by atoms with E-state index in [-0.39, 0.29) is 0 Å². The van der Waals surface area contributed by atoms with Crippen LogP contribution in [-0.4, -0.2) is 0 Å². The van der Waals surface area contributed by atoms with Crippen LogP contribution in [0.2, 0.25) is 0 Å². The van der Waals surface area contributed by atoms with Crippen molar-refractivity contribution in [2.45, 2.75) is 0 Å². The molecule has 0 N–H and O–H groups in total. The molecule has 0 atom stereocenters. The molecule has 0 saturated heterocycles. The fourth-order valence-corrected chi connectivity index (χ4v) is 8.44. The van der Waals surface area contributed by atoms with Gasteiger partial charge in [-0.1, -0.05) is 127 Å². The molecule has 3 heteroatoms. The van der Waals surface area contributed by atoms with Crippen LogP contribution in [0.5, 0.6) is 0 Å². The molecule has 10 rings (SSSR count). The van der Waals surface area contributed by atoms with Gasteiger partial charge in [-0.25, -0.2) is 0 Å². The number of rotatable bonds is 5. The number of fused-ring (bicyclic) bond motifs is 7. The van der Waals surface area contributed by atoms with Crippen LogP contribution >= 0.6 is 11.3 Å². The standard InChI is InChI=1S/C46H29NOS/c1-2-11-32-28-33(21-20-30(32)10-1)31-22-25-35(26-23-31)47(42-17-9-15-40-37-13-4-7-18-43(37)48-46(40)42)41-16-6-3-12-36(41)34-24-27-39-38-14-5-8-19-44(38)49-45(39)29-34/h1-29H. The maximum atomic E-state index is 6.64. The summed E-state index contributed by atoms with van der Waals surface area (Å²) in [6.07, 6.45) is 0. The summed E-state index contributed by atoms with van der Waals surface area (Å²) in [7, 11) is 0. The van der Waals surface area contributed by atoms with Gasteiger partial charge in [-0.3, -0.25) is 0 Å². The molecule has 0 saturated carbocycles. The molecule has 2 aromatic heterocycles. The first-order valence-electron chi connectivity index (χ1n) is 16.6. The van der Waals surface area contributed by atoms with Crippen LogP contribution in [0.15, 0.2) is 180 Å². The lowest BCUT2D eigenvalue weighted by Gasteiger charge is -2.28. The monoisotopic (exact) mass is 643 g/mol. The third-order valence-corrected chi connectivity index (χ3v) is 10.8. The molecule has 0 aliphatic carbocycles.